The maximum absolute atomic E-state index is 12.3. The number of carbonyl (C=O) groups is 1. The highest BCUT2D eigenvalue weighted by molar-refractivity contribution is 7.89. The Morgan fingerprint density at radius 3 is 2.72 bits per heavy atom. The van der Waals surface area contributed by atoms with Crippen LogP contribution in [0.1, 0.15) is 50.0 Å². The molecule has 1 aliphatic carbocycles. The normalized spacial score (nSPS) is 21.5. The van der Waals surface area contributed by atoms with E-state index in [2.05, 4.69) is 10.0 Å². The number of aryl methyl sites for hydroxylation is 1. The van der Waals surface area contributed by atoms with Crippen LogP contribution in [0, 0.1) is 11.8 Å². The number of carbonyl (C=O) groups excluding carboxylic acids is 1. The topological polar surface area (TPSA) is 80.2 Å². The highest BCUT2D eigenvalue weighted by Gasteiger charge is 2.26. The van der Waals surface area contributed by atoms with E-state index in [0.717, 1.165) is 25.7 Å². The molecule has 1 aliphatic rings. The van der Waals surface area contributed by atoms with E-state index in [4.69, 9.17) is 11.6 Å². The van der Waals surface area contributed by atoms with Crippen LogP contribution in [-0.2, 0) is 17.1 Å². The van der Waals surface area contributed by atoms with Crippen molar-refractivity contribution in [1.29, 1.82) is 0 Å². The van der Waals surface area contributed by atoms with Crippen LogP contribution in [0.3, 0.4) is 0 Å². The third kappa shape index (κ3) is 6.31. The molecule has 2 rings (SSSR count). The fourth-order valence-corrected chi connectivity index (χ4v) is 5.35. The average molecular weight is 390 g/mol. The lowest BCUT2D eigenvalue weighted by Crippen LogP contribution is -2.42. The average Bonchev–Trinajstić information content (AvgIpc) is 2.82. The summed E-state index contributed by atoms with van der Waals surface area (Å²) in [4.78, 5) is 12.3. The molecule has 0 unspecified atom stereocenters. The van der Waals surface area contributed by atoms with Gasteiger partial charge in [0.05, 0.1) is 10.8 Å². The minimum Gasteiger partial charge on any atom is -0.350 e. The summed E-state index contributed by atoms with van der Waals surface area (Å²) in [6.07, 6.45) is 5.26. The number of nitrogens with one attached hydrogen (secondary N) is 2. The van der Waals surface area contributed by atoms with Gasteiger partial charge in [0.1, 0.15) is 5.69 Å². The number of hydrogen-bond acceptors (Lipinski definition) is 3. The Bertz CT molecular complexity index is 700. The molecule has 0 aliphatic heterocycles. The number of nitrogens with zero attached hydrogens (tertiary/aromatic N) is 1. The van der Waals surface area contributed by atoms with Crippen LogP contribution in [0.2, 0.25) is 5.02 Å². The van der Waals surface area contributed by atoms with E-state index >= 15 is 0 Å². The van der Waals surface area contributed by atoms with Crippen molar-refractivity contribution >= 4 is 27.5 Å². The third-order valence-corrected chi connectivity index (χ3v) is 6.44. The van der Waals surface area contributed by atoms with Crippen molar-refractivity contribution in [3.8, 4) is 0 Å². The summed E-state index contributed by atoms with van der Waals surface area (Å²) in [5.74, 6) is 0.379. The SMILES string of the molecule is CC(C)CS(=O)(=O)N[C@H]1CCC[C@@H](CNC(=O)c2cc(Cl)cn2C)C1. The molecule has 1 amide bonds. The van der Waals surface area contributed by atoms with Crippen molar-refractivity contribution in [2.24, 2.45) is 18.9 Å². The van der Waals surface area contributed by atoms with E-state index < -0.39 is 10.0 Å². The van der Waals surface area contributed by atoms with Crippen LogP contribution in [-0.4, -0.2) is 37.2 Å². The third-order valence-electron chi connectivity index (χ3n) is 4.44. The van der Waals surface area contributed by atoms with Crippen LogP contribution in [0.15, 0.2) is 12.3 Å². The molecule has 25 heavy (non-hydrogen) atoms. The summed E-state index contributed by atoms with van der Waals surface area (Å²) in [6.45, 7) is 4.34. The second-order valence-corrected chi connectivity index (χ2v) is 9.62. The Morgan fingerprint density at radius 1 is 1.40 bits per heavy atom. The highest BCUT2D eigenvalue weighted by atomic mass is 35.5. The summed E-state index contributed by atoms with van der Waals surface area (Å²) >= 11 is 5.91. The summed E-state index contributed by atoms with van der Waals surface area (Å²) in [6, 6.07) is 1.60. The Morgan fingerprint density at radius 2 is 2.12 bits per heavy atom. The molecule has 2 atom stereocenters. The molecule has 1 aromatic rings. The van der Waals surface area contributed by atoms with Crippen molar-refractivity contribution in [2.45, 2.75) is 45.6 Å². The van der Waals surface area contributed by atoms with Gasteiger partial charge in [-0.2, -0.15) is 0 Å². The van der Waals surface area contributed by atoms with E-state index in [0.29, 0.717) is 17.3 Å². The van der Waals surface area contributed by atoms with E-state index in [1.54, 1.807) is 23.9 Å². The second-order valence-electron chi connectivity index (χ2n) is 7.39. The zero-order valence-electron chi connectivity index (χ0n) is 15.1. The lowest BCUT2D eigenvalue weighted by Gasteiger charge is -2.30. The van der Waals surface area contributed by atoms with Gasteiger partial charge in [0, 0.05) is 25.8 Å². The number of halogens is 1. The van der Waals surface area contributed by atoms with E-state index in [9.17, 15) is 13.2 Å². The molecular weight excluding hydrogens is 362 g/mol. The number of aromatic nitrogens is 1. The first-order valence-corrected chi connectivity index (χ1v) is 10.8. The highest BCUT2D eigenvalue weighted by Crippen LogP contribution is 2.24. The molecule has 2 N–H and O–H groups in total. The standard InChI is InChI=1S/C17H28ClN3O3S/c1-12(2)11-25(23,24)20-15-6-4-5-13(7-15)9-19-17(22)16-8-14(18)10-21(16)3/h8,10,12-13,15,20H,4-7,9,11H2,1-3H3,(H,19,22)/t13-,15+/m1/s1. The van der Waals surface area contributed by atoms with E-state index in [1.165, 1.54) is 0 Å². The van der Waals surface area contributed by atoms with Gasteiger partial charge in [-0.1, -0.05) is 31.9 Å². The Kier molecular flexibility index (Phi) is 6.93. The van der Waals surface area contributed by atoms with E-state index in [-0.39, 0.29) is 29.5 Å². The Labute approximate surface area is 155 Å². The van der Waals surface area contributed by atoms with Crippen LogP contribution in [0.4, 0.5) is 0 Å². The quantitative estimate of drug-likeness (QED) is 0.751. The van der Waals surface area contributed by atoms with Crippen molar-refractivity contribution in [2.75, 3.05) is 12.3 Å². The van der Waals surface area contributed by atoms with Crippen LogP contribution >= 0.6 is 11.6 Å². The first-order chi connectivity index (χ1) is 11.7. The maximum Gasteiger partial charge on any atom is 0.267 e. The molecular formula is C17H28ClN3O3S. The fourth-order valence-electron chi connectivity index (χ4n) is 3.40. The lowest BCUT2D eigenvalue weighted by molar-refractivity contribution is 0.0934. The Hall–Kier alpha value is -1.05. The molecule has 6 nitrogen and oxygen atoms in total. The minimum absolute atomic E-state index is 0.0381. The molecule has 1 fully saturated rings. The predicted molar refractivity (Wildman–Crippen MR) is 100 cm³/mol. The molecule has 1 heterocycles. The molecule has 1 aromatic heterocycles. The lowest BCUT2D eigenvalue weighted by atomic mass is 9.86. The van der Waals surface area contributed by atoms with Crippen LogP contribution < -0.4 is 10.0 Å². The second kappa shape index (κ2) is 8.56. The fraction of sp³-hybridized carbons (Fsp3) is 0.706. The van der Waals surface area contributed by atoms with Gasteiger partial charge in [0.2, 0.25) is 10.0 Å². The van der Waals surface area contributed by atoms with Gasteiger partial charge in [-0.15, -0.1) is 0 Å². The maximum atomic E-state index is 12.3. The number of rotatable bonds is 7. The molecule has 0 saturated heterocycles. The molecule has 0 radical (unpaired) electrons. The smallest absolute Gasteiger partial charge is 0.267 e. The summed E-state index contributed by atoms with van der Waals surface area (Å²) in [5.41, 5.74) is 0.523. The monoisotopic (exact) mass is 389 g/mol. The van der Waals surface area contributed by atoms with Gasteiger partial charge in [-0.25, -0.2) is 13.1 Å². The van der Waals surface area contributed by atoms with Crippen LogP contribution in [0.5, 0.6) is 0 Å². The zero-order chi connectivity index (χ0) is 18.6. The van der Waals surface area contributed by atoms with Gasteiger partial charge >= 0.3 is 0 Å². The van der Waals surface area contributed by atoms with Crippen molar-refractivity contribution in [3.05, 3.63) is 23.0 Å². The predicted octanol–water partition coefficient (Wildman–Crippen LogP) is 2.54. The Balaban J connectivity index is 1.85. The van der Waals surface area contributed by atoms with Gasteiger partial charge in [-0.05, 0) is 37.2 Å². The van der Waals surface area contributed by atoms with E-state index in [1.807, 2.05) is 13.8 Å². The number of amides is 1. The molecule has 0 bridgehead atoms. The summed E-state index contributed by atoms with van der Waals surface area (Å²) in [7, 11) is -1.46. The molecule has 0 aromatic carbocycles. The molecule has 1 saturated carbocycles. The van der Waals surface area contributed by atoms with Gasteiger partial charge in [0.25, 0.3) is 5.91 Å². The number of sulfonamides is 1. The molecule has 0 spiro atoms. The zero-order valence-corrected chi connectivity index (χ0v) is 16.7. The van der Waals surface area contributed by atoms with Gasteiger partial charge in [-0.3, -0.25) is 4.79 Å². The van der Waals surface area contributed by atoms with Gasteiger partial charge in [0.15, 0.2) is 0 Å². The van der Waals surface area contributed by atoms with Gasteiger partial charge < -0.3 is 9.88 Å². The van der Waals surface area contributed by atoms with Crippen LogP contribution in [0.25, 0.3) is 0 Å². The largest absolute Gasteiger partial charge is 0.350 e. The summed E-state index contributed by atoms with van der Waals surface area (Å²) < 4.78 is 28.7. The first-order valence-electron chi connectivity index (χ1n) is 8.76. The van der Waals surface area contributed by atoms with Crippen molar-refractivity contribution < 1.29 is 13.2 Å². The summed E-state index contributed by atoms with van der Waals surface area (Å²) in [5, 5.41) is 3.48. The van der Waals surface area contributed by atoms with Crippen molar-refractivity contribution in [3.63, 3.8) is 0 Å². The number of hydrogen-bond donors (Lipinski definition) is 2. The minimum atomic E-state index is -3.24. The molecule has 142 valence electrons. The first kappa shape index (κ1) is 20.3. The van der Waals surface area contributed by atoms with Crippen molar-refractivity contribution in [1.82, 2.24) is 14.6 Å². The molecule has 8 heteroatoms.